The van der Waals surface area contributed by atoms with E-state index in [-0.39, 0.29) is 11.8 Å². The molecule has 0 aliphatic carbocycles. The number of benzene rings is 1. The van der Waals surface area contributed by atoms with Gasteiger partial charge < -0.3 is 15.5 Å². The minimum atomic E-state index is -0.548. The molecule has 0 atom stereocenters. The topological polar surface area (TPSA) is 87.2 Å². The Bertz CT molecular complexity index is 876. The lowest BCUT2D eigenvalue weighted by atomic mass is 9.92. The molecule has 4 rings (SSSR count). The van der Waals surface area contributed by atoms with Crippen LogP contribution >= 0.6 is 11.6 Å². The van der Waals surface area contributed by atoms with Crippen LogP contribution in [0, 0.1) is 6.92 Å². The molecule has 0 bridgehead atoms. The van der Waals surface area contributed by atoms with Gasteiger partial charge in [0.2, 0.25) is 0 Å². The number of carbonyl (C=O) groups excluding carboxylic acids is 2. The van der Waals surface area contributed by atoms with E-state index >= 15 is 0 Å². The fraction of sp³-hybridized carbons (Fsp3) is 0.333. The van der Waals surface area contributed by atoms with Gasteiger partial charge in [0.15, 0.2) is 0 Å². The maximum Gasteiger partial charge on any atom is 0.274 e. The van der Waals surface area contributed by atoms with Crippen molar-refractivity contribution < 1.29 is 9.59 Å². The van der Waals surface area contributed by atoms with E-state index < -0.39 is 5.66 Å². The maximum absolute atomic E-state index is 12.6. The third-order valence-corrected chi connectivity index (χ3v) is 5.09. The zero-order chi connectivity index (χ0) is 18.3. The number of nitrogens with one attached hydrogen (secondary N) is 2. The molecule has 2 aromatic rings. The number of halogens is 1. The summed E-state index contributed by atoms with van der Waals surface area (Å²) in [5, 5.41) is 6.99. The van der Waals surface area contributed by atoms with Crippen LogP contribution in [0.3, 0.4) is 0 Å². The number of piperidine rings is 1. The van der Waals surface area contributed by atoms with Crippen molar-refractivity contribution in [1.29, 1.82) is 0 Å². The first-order valence-electron chi connectivity index (χ1n) is 8.44. The molecular formula is C18H18ClN5O2. The summed E-state index contributed by atoms with van der Waals surface area (Å²) in [6, 6.07) is 5.23. The van der Waals surface area contributed by atoms with Crippen molar-refractivity contribution in [2.45, 2.75) is 25.4 Å². The second-order valence-corrected chi connectivity index (χ2v) is 7.12. The van der Waals surface area contributed by atoms with Crippen LogP contribution in [0.1, 0.15) is 39.4 Å². The van der Waals surface area contributed by atoms with E-state index in [9.17, 15) is 9.59 Å². The number of fused-ring (bicyclic) bond motifs is 1. The van der Waals surface area contributed by atoms with Crippen molar-refractivity contribution in [3.63, 3.8) is 0 Å². The normalized spacial score (nSPS) is 18.1. The highest BCUT2D eigenvalue weighted by molar-refractivity contribution is 6.31. The number of anilines is 1. The van der Waals surface area contributed by atoms with Crippen LogP contribution in [0.15, 0.2) is 30.6 Å². The summed E-state index contributed by atoms with van der Waals surface area (Å²) < 4.78 is 0. The Labute approximate surface area is 155 Å². The van der Waals surface area contributed by atoms with E-state index in [1.165, 1.54) is 6.20 Å². The summed E-state index contributed by atoms with van der Waals surface area (Å²) >= 11 is 5.98. The fourth-order valence-electron chi connectivity index (χ4n) is 3.39. The Hall–Kier alpha value is -2.67. The first kappa shape index (κ1) is 16.8. The molecule has 26 heavy (non-hydrogen) atoms. The number of carbonyl (C=O) groups is 2. The molecule has 7 nitrogen and oxygen atoms in total. The van der Waals surface area contributed by atoms with Gasteiger partial charge in [0.25, 0.3) is 11.8 Å². The summed E-state index contributed by atoms with van der Waals surface area (Å²) in [5.74, 6) is -0.285. The maximum atomic E-state index is 12.6. The molecule has 1 fully saturated rings. The Morgan fingerprint density at radius 1 is 1.19 bits per heavy atom. The van der Waals surface area contributed by atoms with Crippen molar-refractivity contribution in [3.05, 3.63) is 52.6 Å². The van der Waals surface area contributed by atoms with Gasteiger partial charge in [0.1, 0.15) is 11.4 Å². The van der Waals surface area contributed by atoms with Gasteiger partial charge in [-0.2, -0.15) is 0 Å². The van der Waals surface area contributed by atoms with E-state index in [1.54, 1.807) is 23.2 Å². The highest BCUT2D eigenvalue weighted by atomic mass is 35.5. The number of nitrogens with zero attached hydrogens (tertiary/aromatic N) is 3. The van der Waals surface area contributed by atoms with Crippen molar-refractivity contribution in [1.82, 2.24) is 20.2 Å². The van der Waals surface area contributed by atoms with Crippen LogP contribution in [0.4, 0.5) is 5.69 Å². The molecular weight excluding hydrogens is 354 g/mol. The highest BCUT2D eigenvalue weighted by Gasteiger charge is 2.41. The molecule has 0 unspecified atom stereocenters. The van der Waals surface area contributed by atoms with E-state index in [0.717, 1.165) is 11.4 Å². The number of aryl methyl sites for hydroxylation is 1. The van der Waals surface area contributed by atoms with E-state index in [2.05, 4.69) is 20.6 Å². The number of hydrogen-bond donors (Lipinski definition) is 2. The lowest BCUT2D eigenvalue weighted by Crippen LogP contribution is -2.62. The van der Waals surface area contributed by atoms with Gasteiger partial charge in [-0.1, -0.05) is 11.6 Å². The monoisotopic (exact) mass is 371 g/mol. The standard InChI is InChI=1S/C18H18ClN5O2/c1-11-9-21-15(10-20-11)17(26)24-6-4-18(5-7-24)22-14-3-2-12(19)8-13(14)16(25)23-18/h2-3,8-10,22H,4-7H2,1H3,(H,23,25). The van der Waals surface area contributed by atoms with Gasteiger partial charge in [0, 0.05) is 42.8 Å². The SMILES string of the molecule is Cc1cnc(C(=O)N2CCC3(CC2)NC(=O)c2cc(Cl)ccc2N3)cn1. The molecule has 0 saturated carbocycles. The van der Waals surface area contributed by atoms with Gasteiger partial charge >= 0.3 is 0 Å². The van der Waals surface area contributed by atoms with Crippen LogP contribution in [0.25, 0.3) is 0 Å². The largest absolute Gasteiger partial charge is 0.362 e. The number of hydrogen-bond acceptors (Lipinski definition) is 5. The molecule has 8 heteroatoms. The Kier molecular flexibility index (Phi) is 4.03. The molecule has 1 saturated heterocycles. The molecule has 1 aromatic heterocycles. The summed E-state index contributed by atoms with van der Waals surface area (Å²) in [7, 11) is 0. The zero-order valence-corrected chi connectivity index (χ0v) is 15.0. The van der Waals surface area contributed by atoms with E-state index in [0.29, 0.717) is 42.2 Å². The summed E-state index contributed by atoms with van der Waals surface area (Å²) in [4.78, 5) is 35.1. The Morgan fingerprint density at radius 3 is 2.65 bits per heavy atom. The second kappa shape index (κ2) is 6.25. The molecule has 1 spiro atoms. The molecule has 2 aliphatic heterocycles. The van der Waals surface area contributed by atoms with Gasteiger partial charge in [-0.25, -0.2) is 4.98 Å². The smallest absolute Gasteiger partial charge is 0.274 e. The molecule has 2 aliphatic rings. The quantitative estimate of drug-likeness (QED) is 0.802. The van der Waals surface area contributed by atoms with E-state index in [4.69, 9.17) is 11.6 Å². The van der Waals surface area contributed by atoms with Crippen LogP contribution < -0.4 is 10.6 Å². The molecule has 2 amide bonds. The van der Waals surface area contributed by atoms with Crippen LogP contribution in [0.5, 0.6) is 0 Å². The predicted molar refractivity (Wildman–Crippen MR) is 97.2 cm³/mol. The van der Waals surface area contributed by atoms with Crippen LogP contribution in [-0.2, 0) is 0 Å². The molecule has 2 N–H and O–H groups in total. The average Bonchev–Trinajstić information content (AvgIpc) is 2.63. The first-order chi connectivity index (χ1) is 12.5. The predicted octanol–water partition coefficient (Wildman–Crippen LogP) is 2.23. The van der Waals surface area contributed by atoms with Crippen molar-refractivity contribution in [3.8, 4) is 0 Å². The number of amides is 2. The van der Waals surface area contributed by atoms with E-state index in [1.807, 2.05) is 13.0 Å². The number of aromatic nitrogens is 2. The van der Waals surface area contributed by atoms with Crippen molar-refractivity contribution in [2.24, 2.45) is 0 Å². The Balaban J connectivity index is 1.48. The zero-order valence-electron chi connectivity index (χ0n) is 14.3. The minimum Gasteiger partial charge on any atom is -0.362 e. The van der Waals surface area contributed by atoms with Crippen LogP contribution in [0.2, 0.25) is 5.02 Å². The second-order valence-electron chi connectivity index (χ2n) is 6.69. The average molecular weight is 372 g/mol. The lowest BCUT2D eigenvalue weighted by Gasteiger charge is -2.45. The molecule has 0 radical (unpaired) electrons. The van der Waals surface area contributed by atoms with Gasteiger partial charge in [-0.15, -0.1) is 0 Å². The van der Waals surface area contributed by atoms with Crippen molar-refractivity contribution in [2.75, 3.05) is 18.4 Å². The Morgan fingerprint density at radius 2 is 1.96 bits per heavy atom. The van der Waals surface area contributed by atoms with Crippen molar-refractivity contribution >= 4 is 29.1 Å². The molecule has 3 heterocycles. The number of likely N-dealkylation sites (tertiary alicyclic amines) is 1. The molecule has 134 valence electrons. The van der Waals surface area contributed by atoms with Gasteiger partial charge in [-0.05, 0) is 25.1 Å². The third-order valence-electron chi connectivity index (χ3n) is 4.86. The number of rotatable bonds is 1. The first-order valence-corrected chi connectivity index (χ1v) is 8.82. The fourth-order valence-corrected chi connectivity index (χ4v) is 3.57. The summed E-state index contributed by atoms with van der Waals surface area (Å²) in [6.45, 7) is 2.86. The highest BCUT2D eigenvalue weighted by Crippen LogP contribution is 2.32. The lowest BCUT2D eigenvalue weighted by molar-refractivity contribution is 0.0634. The summed E-state index contributed by atoms with van der Waals surface area (Å²) in [6.07, 6.45) is 4.30. The van der Waals surface area contributed by atoms with Gasteiger partial charge in [-0.3, -0.25) is 14.6 Å². The van der Waals surface area contributed by atoms with Gasteiger partial charge in [0.05, 0.1) is 17.5 Å². The molecule has 1 aromatic carbocycles. The summed E-state index contributed by atoms with van der Waals surface area (Å²) in [5.41, 5.74) is 1.87. The minimum absolute atomic E-state index is 0.137. The van der Waals surface area contributed by atoms with Crippen LogP contribution in [-0.4, -0.2) is 45.4 Å². The third kappa shape index (κ3) is 2.99.